The van der Waals surface area contributed by atoms with Gasteiger partial charge in [-0.1, -0.05) is 30.7 Å². The van der Waals surface area contributed by atoms with Crippen molar-refractivity contribution >= 4 is 23.5 Å². The van der Waals surface area contributed by atoms with Gasteiger partial charge in [0.2, 0.25) is 0 Å². The van der Waals surface area contributed by atoms with Crippen molar-refractivity contribution in [1.29, 1.82) is 0 Å². The molecule has 1 rings (SSSR count). The van der Waals surface area contributed by atoms with E-state index in [0.717, 1.165) is 0 Å². The van der Waals surface area contributed by atoms with E-state index in [-0.39, 0.29) is 42.5 Å². The quantitative estimate of drug-likeness (QED) is 0.506. The van der Waals surface area contributed by atoms with Crippen LogP contribution in [0.2, 0.25) is 5.02 Å². The van der Waals surface area contributed by atoms with Gasteiger partial charge in [-0.25, -0.2) is 0 Å². The first-order valence-corrected chi connectivity index (χ1v) is 7.43. The number of carboxylic acid groups (broad SMARTS) is 1. The van der Waals surface area contributed by atoms with E-state index in [2.05, 4.69) is 5.32 Å². The van der Waals surface area contributed by atoms with Gasteiger partial charge >= 0.3 is 35.5 Å². The molecule has 0 heterocycles. The number of carbonyl (C=O) groups is 2. The third-order valence-corrected chi connectivity index (χ3v) is 3.42. The number of benzene rings is 1. The van der Waals surface area contributed by atoms with Crippen molar-refractivity contribution in [3.63, 3.8) is 0 Å². The van der Waals surface area contributed by atoms with E-state index < -0.39 is 23.1 Å². The molecule has 0 radical (unpaired) electrons. The van der Waals surface area contributed by atoms with E-state index in [1.54, 1.807) is 52.0 Å². The van der Waals surface area contributed by atoms with E-state index >= 15 is 0 Å². The summed E-state index contributed by atoms with van der Waals surface area (Å²) in [6.07, 6.45) is 0.208. The molecule has 1 atom stereocenters. The number of ether oxygens (including phenoxy) is 1. The molecule has 23 heavy (non-hydrogen) atoms. The van der Waals surface area contributed by atoms with Crippen LogP contribution in [-0.2, 0) is 19.9 Å². The molecule has 1 aromatic carbocycles. The molecule has 122 valence electrons. The zero-order valence-corrected chi connectivity index (χ0v) is 17.0. The molecule has 0 bridgehead atoms. The van der Waals surface area contributed by atoms with Crippen LogP contribution < -0.4 is 40.0 Å². The van der Waals surface area contributed by atoms with Gasteiger partial charge in [0.05, 0.1) is 18.1 Å². The van der Waals surface area contributed by atoms with Crippen molar-refractivity contribution in [3.8, 4) is 0 Å². The number of nitrogens with one attached hydrogen (secondary N) is 1. The summed E-state index contributed by atoms with van der Waals surface area (Å²) in [4.78, 5) is 23.5. The third-order valence-electron chi connectivity index (χ3n) is 3.17. The normalized spacial score (nSPS) is 13.6. The number of hydrogen-bond donors (Lipinski definition) is 1. The van der Waals surface area contributed by atoms with Crippen LogP contribution in [0.15, 0.2) is 24.3 Å². The Bertz CT molecular complexity index is 542. The first-order chi connectivity index (χ1) is 10.1. The average Bonchev–Trinajstić information content (AvgIpc) is 2.39. The summed E-state index contributed by atoms with van der Waals surface area (Å²) in [5.74, 6) is -1.83. The number of aliphatic carboxylic acids is 1. The number of carboxylic acids is 1. The third kappa shape index (κ3) is 6.43. The molecule has 0 spiro atoms. The monoisotopic (exact) mass is 349 g/mol. The Labute approximate surface area is 164 Å². The van der Waals surface area contributed by atoms with Gasteiger partial charge in [0, 0.05) is 5.02 Å². The van der Waals surface area contributed by atoms with Gasteiger partial charge in [-0.3, -0.25) is 10.1 Å². The van der Waals surface area contributed by atoms with E-state index in [0.29, 0.717) is 10.6 Å². The van der Waals surface area contributed by atoms with Crippen molar-refractivity contribution in [2.75, 3.05) is 6.54 Å². The molecule has 0 aliphatic carbocycles. The molecule has 1 aromatic rings. The molecule has 0 saturated heterocycles. The van der Waals surface area contributed by atoms with Crippen molar-refractivity contribution in [2.45, 2.75) is 45.3 Å². The molecule has 0 saturated carbocycles. The Hall–Kier alpha value is -0.590. The second-order valence-electron chi connectivity index (χ2n) is 5.99. The molecule has 0 aliphatic rings. The SMILES string of the molecule is CCC(NCC(=O)OC(C)(C)C)(C(=O)[O-])c1ccc(Cl)cc1.[Na+]. The van der Waals surface area contributed by atoms with Gasteiger partial charge in [0.15, 0.2) is 0 Å². The molecule has 0 aromatic heterocycles. The fourth-order valence-corrected chi connectivity index (χ4v) is 2.23. The fourth-order valence-electron chi connectivity index (χ4n) is 2.10. The first kappa shape index (κ1) is 22.4. The molecule has 0 amide bonds. The minimum Gasteiger partial charge on any atom is -0.548 e. The molecular formula is C16H21ClNNaO4. The summed E-state index contributed by atoms with van der Waals surface area (Å²) in [7, 11) is 0. The van der Waals surface area contributed by atoms with Gasteiger partial charge in [-0.05, 0) is 44.9 Å². The van der Waals surface area contributed by atoms with Crippen molar-refractivity contribution in [1.82, 2.24) is 5.32 Å². The Kier molecular flexibility index (Phi) is 8.81. The van der Waals surface area contributed by atoms with Crippen LogP contribution >= 0.6 is 11.6 Å². The number of halogens is 1. The molecular weight excluding hydrogens is 329 g/mol. The van der Waals surface area contributed by atoms with Crippen LogP contribution in [0.5, 0.6) is 0 Å². The zero-order valence-electron chi connectivity index (χ0n) is 14.2. The minimum absolute atomic E-state index is 0. The average molecular weight is 350 g/mol. The van der Waals surface area contributed by atoms with Crippen LogP contribution in [-0.4, -0.2) is 24.1 Å². The van der Waals surface area contributed by atoms with Crippen LogP contribution in [0.1, 0.15) is 39.7 Å². The number of rotatable bonds is 6. The van der Waals surface area contributed by atoms with Gasteiger partial charge in [0.1, 0.15) is 5.60 Å². The second kappa shape index (κ2) is 9.04. The summed E-state index contributed by atoms with van der Waals surface area (Å²) in [5.41, 5.74) is -1.63. The Balaban J connectivity index is 0.00000484. The maximum atomic E-state index is 11.8. The van der Waals surface area contributed by atoms with Gasteiger partial charge < -0.3 is 14.6 Å². The van der Waals surface area contributed by atoms with E-state index in [9.17, 15) is 14.7 Å². The van der Waals surface area contributed by atoms with Crippen molar-refractivity contribution in [3.05, 3.63) is 34.9 Å². The molecule has 0 fully saturated rings. The van der Waals surface area contributed by atoms with Crippen molar-refractivity contribution in [2.24, 2.45) is 0 Å². The largest absolute Gasteiger partial charge is 1.00 e. The predicted molar refractivity (Wildman–Crippen MR) is 82.3 cm³/mol. The van der Waals surface area contributed by atoms with Gasteiger partial charge in [0.25, 0.3) is 0 Å². The minimum atomic E-state index is -1.47. The molecule has 1 N–H and O–H groups in total. The molecule has 7 heteroatoms. The summed E-state index contributed by atoms with van der Waals surface area (Å²) in [5, 5.41) is 14.9. The summed E-state index contributed by atoms with van der Waals surface area (Å²) in [6.45, 7) is 6.70. The first-order valence-electron chi connectivity index (χ1n) is 7.05. The summed E-state index contributed by atoms with van der Waals surface area (Å²) < 4.78 is 5.18. The predicted octanol–water partition coefficient (Wildman–Crippen LogP) is -1.37. The zero-order chi connectivity index (χ0) is 17.0. The Morgan fingerprint density at radius 3 is 2.13 bits per heavy atom. The van der Waals surface area contributed by atoms with E-state index in [1.165, 1.54) is 0 Å². The van der Waals surface area contributed by atoms with Crippen LogP contribution in [0.4, 0.5) is 0 Å². The van der Waals surface area contributed by atoms with Crippen molar-refractivity contribution < 1.29 is 49.0 Å². The van der Waals surface area contributed by atoms with Crippen LogP contribution in [0.3, 0.4) is 0 Å². The topological polar surface area (TPSA) is 78.5 Å². The smallest absolute Gasteiger partial charge is 0.548 e. The van der Waals surface area contributed by atoms with Gasteiger partial charge in [-0.2, -0.15) is 0 Å². The number of esters is 1. The number of carbonyl (C=O) groups excluding carboxylic acids is 2. The summed E-state index contributed by atoms with van der Waals surface area (Å²) >= 11 is 5.83. The van der Waals surface area contributed by atoms with Crippen LogP contribution in [0.25, 0.3) is 0 Å². The Morgan fingerprint density at radius 2 is 1.74 bits per heavy atom. The standard InChI is InChI=1S/C16H22ClNO4.Na/c1-5-16(14(20)21,11-6-8-12(17)9-7-11)18-10-13(19)22-15(2,3)4;/h6-9,18H,5,10H2,1-4H3,(H,20,21);/q;+1/p-1. The van der Waals surface area contributed by atoms with E-state index in [1.807, 2.05) is 0 Å². The molecule has 1 unspecified atom stereocenters. The van der Waals surface area contributed by atoms with Crippen LogP contribution in [0, 0.1) is 0 Å². The Morgan fingerprint density at radius 1 is 1.22 bits per heavy atom. The maximum absolute atomic E-state index is 11.8. The summed E-state index contributed by atoms with van der Waals surface area (Å²) in [6, 6.07) is 6.40. The maximum Gasteiger partial charge on any atom is 1.00 e. The molecule has 0 aliphatic heterocycles. The fraction of sp³-hybridized carbons (Fsp3) is 0.500. The van der Waals surface area contributed by atoms with Gasteiger partial charge in [-0.15, -0.1) is 0 Å². The second-order valence-corrected chi connectivity index (χ2v) is 6.43. The molecule has 5 nitrogen and oxygen atoms in total. The van der Waals surface area contributed by atoms with E-state index in [4.69, 9.17) is 16.3 Å². The number of hydrogen-bond acceptors (Lipinski definition) is 5.